The number of rotatable bonds is 4. The molecule has 3 aromatic carbocycles. The number of fused-ring (bicyclic) bond motifs is 1. The summed E-state index contributed by atoms with van der Waals surface area (Å²) in [5.74, 6) is 0.559. The molecule has 1 unspecified atom stereocenters. The second-order valence-electron chi connectivity index (χ2n) is 9.91. The van der Waals surface area contributed by atoms with Crippen LogP contribution in [0.25, 0.3) is 33.6 Å². The lowest BCUT2D eigenvalue weighted by Gasteiger charge is -2.37. The zero-order valence-corrected chi connectivity index (χ0v) is 20.8. The molecule has 0 aliphatic carbocycles. The minimum atomic E-state index is -0.678. The summed E-state index contributed by atoms with van der Waals surface area (Å²) in [6.07, 6.45) is -0.505. The van der Waals surface area contributed by atoms with Gasteiger partial charge >= 0.3 is 6.09 Å². The Bertz CT molecular complexity index is 1480. The Labute approximate surface area is 213 Å². The fraction of sp³-hybridized carbons (Fsp3) is 0.296. The SMILES string of the molecule is CC(C)(C)OC(=O)N1CCNCC1c1ccc(-c2nc(-c3ccc4ccccc4c3)no2)cc1[N+](=O)[O-]. The van der Waals surface area contributed by atoms with Crippen LogP contribution in [-0.2, 0) is 4.74 Å². The van der Waals surface area contributed by atoms with Gasteiger partial charge in [0.15, 0.2) is 0 Å². The molecule has 0 bridgehead atoms. The molecule has 2 heterocycles. The van der Waals surface area contributed by atoms with E-state index in [2.05, 4.69) is 15.5 Å². The topological polar surface area (TPSA) is 124 Å². The summed E-state index contributed by atoms with van der Waals surface area (Å²) in [6, 6.07) is 18.0. The highest BCUT2D eigenvalue weighted by Crippen LogP contribution is 2.35. The van der Waals surface area contributed by atoms with Crippen LogP contribution >= 0.6 is 0 Å². The standard InChI is InChI=1S/C27H27N5O5/c1-27(2,3)36-26(33)31-13-12-28-16-23(31)21-11-10-20(15-22(21)32(34)35)25-29-24(30-37-25)19-9-8-17-6-4-5-7-18(17)14-19/h4-11,14-15,23,28H,12-13,16H2,1-3H3. The van der Waals surface area contributed by atoms with E-state index >= 15 is 0 Å². The number of carbonyl (C=O) groups excluding carboxylic acids is 1. The van der Waals surface area contributed by atoms with Crippen LogP contribution in [0, 0.1) is 10.1 Å². The number of nitrogens with one attached hydrogen (secondary N) is 1. The van der Waals surface area contributed by atoms with Crippen molar-refractivity contribution >= 4 is 22.6 Å². The molecule has 5 rings (SSSR count). The first-order valence-corrected chi connectivity index (χ1v) is 12.0. The Kier molecular flexibility index (Phi) is 6.34. The molecule has 10 heteroatoms. The molecule has 0 spiro atoms. The number of nitro benzene ring substituents is 1. The molecule has 1 aromatic heterocycles. The minimum Gasteiger partial charge on any atom is -0.444 e. The molecule has 1 aliphatic rings. The molecule has 1 atom stereocenters. The number of hydrogen-bond acceptors (Lipinski definition) is 8. The molecule has 1 N–H and O–H groups in total. The fourth-order valence-corrected chi connectivity index (χ4v) is 4.42. The van der Waals surface area contributed by atoms with E-state index in [0.717, 1.165) is 16.3 Å². The van der Waals surface area contributed by atoms with Crippen molar-refractivity contribution in [2.45, 2.75) is 32.4 Å². The predicted octanol–water partition coefficient (Wildman–Crippen LogP) is 5.35. The Balaban J connectivity index is 1.46. The highest BCUT2D eigenvalue weighted by molar-refractivity contribution is 5.86. The predicted molar refractivity (Wildman–Crippen MR) is 138 cm³/mol. The van der Waals surface area contributed by atoms with Crippen LogP contribution in [0.15, 0.2) is 65.2 Å². The summed E-state index contributed by atoms with van der Waals surface area (Å²) < 4.78 is 11.0. The van der Waals surface area contributed by atoms with Crippen molar-refractivity contribution in [3.63, 3.8) is 0 Å². The monoisotopic (exact) mass is 501 g/mol. The number of benzene rings is 3. The van der Waals surface area contributed by atoms with Crippen LogP contribution in [0.1, 0.15) is 32.4 Å². The summed E-state index contributed by atoms with van der Waals surface area (Å²) in [7, 11) is 0. The number of aromatic nitrogens is 2. The maximum Gasteiger partial charge on any atom is 0.410 e. The number of ether oxygens (including phenoxy) is 1. The average molecular weight is 502 g/mol. The maximum atomic E-state index is 12.9. The quantitative estimate of drug-likeness (QED) is 0.293. The van der Waals surface area contributed by atoms with Crippen LogP contribution in [0.3, 0.4) is 0 Å². The van der Waals surface area contributed by atoms with Gasteiger partial charge in [0.2, 0.25) is 5.82 Å². The molecule has 1 aliphatic heterocycles. The van der Waals surface area contributed by atoms with Crippen molar-refractivity contribution < 1.29 is 19.0 Å². The third-order valence-electron chi connectivity index (χ3n) is 6.14. The largest absolute Gasteiger partial charge is 0.444 e. The van der Waals surface area contributed by atoms with Gasteiger partial charge in [-0.25, -0.2) is 4.79 Å². The number of piperazine rings is 1. The first-order valence-electron chi connectivity index (χ1n) is 12.0. The second kappa shape index (κ2) is 9.62. The highest BCUT2D eigenvalue weighted by Gasteiger charge is 2.35. The minimum absolute atomic E-state index is 0.134. The summed E-state index contributed by atoms with van der Waals surface area (Å²) in [6.45, 7) is 6.67. The lowest BCUT2D eigenvalue weighted by Crippen LogP contribution is -2.50. The Morgan fingerprint density at radius 3 is 2.62 bits per heavy atom. The highest BCUT2D eigenvalue weighted by atomic mass is 16.6. The van der Waals surface area contributed by atoms with E-state index in [9.17, 15) is 14.9 Å². The molecule has 1 amide bonds. The van der Waals surface area contributed by atoms with E-state index in [1.807, 2.05) is 42.5 Å². The first-order chi connectivity index (χ1) is 17.7. The van der Waals surface area contributed by atoms with Gasteiger partial charge in [0, 0.05) is 36.8 Å². The molecule has 37 heavy (non-hydrogen) atoms. The van der Waals surface area contributed by atoms with E-state index in [-0.39, 0.29) is 11.6 Å². The Hall–Kier alpha value is -4.31. The van der Waals surface area contributed by atoms with Crippen LogP contribution in [0.2, 0.25) is 0 Å². The van der Waals surface area contributed by atoms with Gasteiger partial charge in [-0.1, -0.05) is 41.6 Å². The lowest BCUT2D eigenvalue weighted by molar-refractivity contribution is -0.385. The normalized spacial score (nSPS) is 16.1. The number of carbonyl (C=O) groups is 1. The van der Waals surface area contributed by atoms with E-state index < -0.39 is 22.7 Å². The smallest absolute Gasteiger partial charge is 0.410 e. The van der Waals surface area contributed by atoms with Gasteiger partial charge in [-0.05, 0) is 49.7 Å². The van der Waals surface area contributed by atoms with Crippen molar-refractivity contribution in [3.05, 3.63) is 76.3 Å². The summed E-state index contributed by atoms with van der Waals surface area (Å²) >= 11 is 0. The number of amides is 1. The van der Waals surface area contributed by atoms with Crippen molar-refractivity contribution in [2.75, 3.05) is 19.6 Å². The van der Waals surface area contributed by atoms with Crippen LogP contribution in [0.4, 0.5) is 10.5 Å². The van der Waals surface area contributed by atoms with Crippen LogP contribution < -0.4 is 5.32 Å². The molecular formula is C27H27N5O5. The van der Waals surface area contributed by atoms with Gasteiger partial charge in [0.1, 0.15) is 5.60 Å². The molecule has 1 saturated heterocycles. The van der Waals surface area contributed by atoms with E-state index in [1.165, 1.54) is 11.0 Å². The Morgan fingerprint density at radius 1 is 1.11 bits per heavy atom. The van der Waals surface area contributed by atoms with Crippen LogP contribution in [0.5, 0.6) is 0 Å². The third kappa shape index (κ3) is 5.14. The van der Waals surface area contributed by atoms with Crippen LogP contribution in [-0.4, -0.2) is 51.3 Å². The molecule has 1 fully saturated rings. The zero-order valence-electron chi connectivity index (χ0n) is 20.8. The summed E-state index contributed by atoms with van der Waals surface area (Å²) in [4.78, 5) is 30.5. The average Bonchev–Trinajstić information content (AvgIpc) is 3.37. The van der Waals surface area contributed by atoms with Gasteiger partial charge in [0.25, 0.3) is 11.6 Å². The van der Waals surface area contributed by atoms with Gasteiger partial charge < -0.3 is 14.6 Å². The van der Waals surface area contributed by atoms with Crippen molar-refractivity contribution in [2.24, 2.45) is 0 Å². The van der Waals surface area contributed by atoms with Gasteiger partial charge in [-0.3, -0.25) is 15.0 Å². The molecular weight excluding hydrogens is 474 g/mol. The van der Waals surface area contributed by atoms with Crippen molar-refractivity contribution in [1.82, 2.24) is 20.4 Å². The third-order valence-corrected chi connectivity index (χ3v) is 6.14. The lowest BCUT2D eigenvalue weighted by atomic mass is 9.99. The zero-order chi connectivity index (χ0) is 26.2. The number of nitro groups is 1. The molecule has 0 saturated carbocycles. The van der Waals surface area contributed by atoms with E-state index in [0.29, 0.717) is 36.6 Å². The van der Waals surface area contributed by atoms with Crippen molar-refractivity contribution in [1.29, 1.82) is 0 Å². The van der Waals surface area contributed by atoms with Gasteiger partial charge in [-0.2, -0.15) is 4.98 Å². The molecule has 10 nitrogen and oxygen atoms in total. The maximum absolute atomic E-state index is 12.9. The molecule has 4 aromatic rings. The number of nitrogens with zero attached hydrogens (tertiary/aromatic N) is 4. The molecule has 190 valence electrons. The van der Waals surface area contributed by atoms with Crippen molar-refractivity contribution in [3.8, 4) is 22.8 Å². The van der Waals surface area contributed by atoms with E-state index in [1.54, 1.807) is 32.9 Å². The Morgan fingerprint density at radius 2 is 1.86 bits per heavy atom. The summed E-state index contributed by atoms with van der Waals surface area (Å²) in [5.41, 5.74) is 0.790. The van der Waals surface area contributed by atoms with E-state index in [4.69, 9.17) is 9.26 Å². The first kappa shape index (κ1) is 24.4. The van der Waals surface area contributed by atoms with Gasteiger partial charge in [-0.15, -0.1) is 0 Å². The molecule has 0 radical (unpaired) electrons. The fourth-order valence-electron chi connectivity index (χ4n) is 4.42. The summed E-state index contributed by atoms with van der Waals surface area (Å²) in [5, 5.41) is 21.5. The second-order valence-corrected chi connectivity index (χ2v) is 9.91. The number of hydrogen-bond donors (Lipinski definition) is 1. The van der Waals surface area contributed by atoms with Gasteiger partial charge in [0.05, 0.1) is 16.5 Å².